The Bertz CT molecular complexity index is 778. The fourth-order valence-corrected chi connectivity index (χ4v) is 3.61. The van der Waals surface area contributed by atoms with Crippen molar-refractivity contribution >= 4 is 16.5 Å². The summed E-state index contributed by atoms with van der Waals surface area (Å²) in [5, 5.41) is 6.43. The minimum absolute atomic E-state index is 0.269. The SMILES string of the molecule is CC(Nc1nccs1)c1ccc2c(c1)Cc1ccccc1-2. The van der Waals surface area contributed by atoms with E-state index in [1.54, 1.807) is 11.3 Å². The van der Waals surface area contributed by atoms with Crippen LogP contribution >= 0.6 is 11.3 Å². The minimum atomic E-state index is 0.269. The van der Waals surface area contributed by atoms with Crippen LogP contribution in [0.1, 0.15) is 29.7 Å². The fourth-order valence-electron chi connectivity index (χ4n) is 3.00. The van der Waals surface area contributed by atoms with Crippen molar-refractivity contribution in [2.75, 3.05) is 5.32 Å². The lowest BCUT2D eigenvalue weighted by Crippen LogP contribution is -2.06. The Morgan fingerprint density at radius 2 is 1.95 bits per heavy atom. The maximum atomic E-state index is 4.29. The fraction of sp³-hybridized carbons (Fsp3) is 0.167. The molecule has 1 unspecified atom stereocenters. The highest BCUT2D eigenvalue weighted by molar-refractivity contribution is 7.13. The van der Waals surface area contributed by atoms with E-state index in [1.807, 2.05) is 11.6 Å². The molecule has 1 aliphatic carbocycles. The smallest absolute Gasteiger partial charge is 0.183 e. The van der Waals surface area contributed by atoms with Crippen LogP contribution < -0.4 is 5.32 Å². The summed E-state index contributed by atoms with van der Waals surface area (Å²) in [6.07, 6.45) is 2.88. The van der Waals surface area contributed by atoms with Gasteiger partial charge in [0.15, 0.2) is 5.13 Å². The average molecular weight is 292 g/mol. The van der Waals surface area contributed by atoms with Crippen LogP contribution in [0.3, 0.4) is 0 Å². The number of aromatic nitrogens is 1. The zero-order valence-corrected chi connectivity index (χ0v) is 12.7. The number of anilines is 1. The zero-order chi connectivity index (χ0) is 14.2. The van der Waals surface area contributed by atoms with Gasteiger partial charge in [-0.3, -0.25) is 0 Å². The van der Waals surface area contributed by atoms with E-state index in [1.165, 1.54) is 27.8 Å². The van der Waals surface area contributed by atoms with Gasteiger partial charge in [-0.2, -0.15) is 0 Å². The van der Waals surface area contributed by atoms with E-state index < -0.39 is 0 Å². The first kappa shape index (κ1) is 12.6. The molecule has 1 aromatic heterocycles. The third kappa shape index (κ3) is 2.24. The Morgan fingerprint density at radius 3 is 2.81 bits per heavy atom. The summed E-state index contributed by atoms with van der Waals surface area (Å²) in [5.41, 5.74) is 6.96. The maximum Gasteiger partial charge on any atom is 0.183 e. The van der Waals surface area contributed by atoms with Gasteiger partial charge >= 0.3 is 0 Å². The van der Waals surface area contributed by atoms with Crippen molar-refractivity contribution < 1.29 is 0 Å². The van der Waals surface area contributed by atoms with Crippen LogP contribution in [0.2, 0.25) is 0 Å². The van der Waals surface area contributed by atoms with Crippen LogP contribution in [0, 0.1) is 0 Å². The van der Waals surface area contributed by atoms with Gasteiger partial charge < -0.3 is 5.32 Å². The van der Waals surface area contributed by atoms with Gasteiger partial charge in [0.2, 0.25) is 0 Å². The maximum absolute atomic E-state index is 4.29. The molecule has 0 amide bonds. The number of nitrogens with one attached hydrogen (secondary N) is 1. The summed E-state index contributed by atoms with van der Waals surface area (Å²) in [5.74, 6) is 0. The summed E-state index contributed by atoms with van der Waals surface area (Å²) < 4.78 is 0. The summed E-state index contributed by atoms with van der Waals surface area (Å²) in [6.45, 7) is 2.19. The van der Waals surface area contributed by atoms with Crippen molar-refractivity contribution in [3.8, 4) is 11.1 Å². The van der Waals surface area contributed by atoms with Crippen LogP contribution in [0.25, 0.3) is 11.1 Å². The molecule has 0 bridgehead atoms. The molecular weight excluding hydrogens is 276 g/mol. The highest BCUT2D eigenvalue weighted by atomic mass is 32.1. The second-order valence-electron chi connectivity index (χ2n) is 5.45. The quantitative estimate of drug-likeness (QED) is 0.581. The van der Waals surface area contributed by atoms with Crippen molar-refractivity contribution in [1.82, 2.24) is 4.98 Å². The van der Waals surface area contributed by atoms with E-state index in [4.69, 9.17) is 0 Å². The first-order valence-corrected chi connectivity index (χ1v) is 8.06. The van der Waals surface area contributed by atoms with E-state index >= 15 is 0 Å². The Balaban J connectivity index is 1.64. The minimum Gasteiger partial charge on any atom is -0.355 e. The summed E-state index contributed by atoms with van der Waals surface area (Å²) >= 11 is 1.64. The topological polar surface area (TPSA) is 24.9 Å². The van der Waals surface area contributed by atoms with Crippen LogP contribution in [-0.2, 0) is 6.42 Å². The molecule has 1 atom stereocenters. The Kier molecular flexibility index (Phi) is 3.00. The molecule has 0 fully saturated rings. The standard InChI is InChI=1S/C18H16N2S/c1-12(20-18-19-8-9-21-18)13-6-7-17-15(10-13)11-14-4-2-3-5-16(14)17/h2-10,12H,11H2,1H3,(H,19,20). The lowest BCUT2D eigenvalue weighted by atomic mass is 10.0. The van der Waals surface area contributed by atoms with Gasteiger partial charge in [-0.15, -0.1) is 11.3 Å². The first-order valence-electron chi connectivity index (χ1n) is 7.18. The van der Waals surface area contributed by atoms with E-state index in [0.717, 1.165) is 11.6 Å². The molecule has 1 heterocycles. The molecule has 2 aromatic carbocycles. The van der Waals surface area contributed by atoms with Crippen molar-refractivity contribution in [2.45, 2.75) is 19.4 Å². The molecule has 0 saturated carbocycles. The number of hydrogen-bond donors (Lipinski definition) is 1. The predicted octanol–water partition coefficient (Wildman–Crippen LogP) is 4.89. The van der Waals surface area contributed by atoms with Crippen molar-refractivity contribution in [3.63, 3.8) is 0 Å². The monoisotopic (exact) mass is 292 g/mol. The Morgan fingerprint density at radius 1 is 1.10 bits per heavy atom. The van der Waals surface area contributed by atoms with Gasteiger partial charge in [0.1, 0.15) is 0 Å². The Hall–Kier alpha value is -2.13. The second kappa shape index (κ2) is 5.01. The number of benzene rings is 2. The van der Waals surface area contributed by atoms with Gasteiger partial charge in [-0.05, 0) is 41.2 Å². The number of nitrogens with zero attached hydrogens (tertiary/aromatic N) is 1. The van der Waals surface area contributed by atoms with Gasteiger partial charge in [-0.25, -0.2) is 4.98 Å². The summed E-state index contributed by atoms with van der Waals surface area (Å²) in [4.78, 5) is 4.29. The molecule has 21 heavy (non-hydrogen) atoms. The molecule has 0 saturated heterocycles. The molecule has 0 radical (unpaired) electrons. The molecule has 3 aromatic rings. The third-order valence-electron chi connectivity index (χ3n) is 4.09. The molecule has 3 heteroatoms. The first-order chi connectivity index (χ1) is 10.3. The highest BCUT2D eigenvalue weighted by Crippen LogP contribution is 2.37. The third-order valence-corrected chi connectivity index (χ3v) is 4.79. The molecule has 1 N–H and O–H groups in total. The zero-order valence-electron chi connectivity index (χ0n) is 11.8. The number of rotatable bonds is 3. The molecule has 0 aliphatic heterocycles. The van der Waals surface area contributed by atoms with Crippen molar-refractivity contribution in [1.29, 1.82) is 0 Å². The van der Waals surface area contributed by atoms with Gasteiger partial charge in [0.05, 0.1) is 6.04 Å². The molecule has 104 valence electrons. The average Bonchev–Trinajstić information content (AvgIpc) is 3.13. The van der Waals surface area contributed by atoms with Gasteiger partial charge in [-0.1, -0.05) is 42.5 Å². The van der Waals surface area contributed by atoms with E-state index in [2.05, 4.69) is 59.7 Å². The number of hydrogen-bond acceptors (Lipinski definition) is 3. The normalized spacial score (nSPS) is 13.6. The molecule has 1 aliphatic rings. The van der Waals surface area contributed by atoms with Crippen molar-refractivity contribution in [2.24, 2.45) is 0 Å². The van der Waals surface area contributed by atoms with Crippen molar-refractivity contribution in [3.05, 3.63) is 70.7 Å². The van der Waals surface area contributed by atoms with Crippen LogP contribution in [0.4, 0.5) is 5.13 Å². The lowest BCUT2D eigenvalue weighted by molar-refractivity contribution is 0.879. The largest absolute Gasteiger partial charge is 0.355 e. The molecular formula is C18H16N2S. The van der Waals surface area contributed by atoms with Crippen LogP contribution in [0.5, 0.6) is 0 Å². The second-order valence-corrected chi connectivity index (χ2v) is 6.35. The molecule has 4 rings (SSSR count). The number of thiazole rings is 1. The summed E-state index contributed by atoms with van der Waals surface area (Å²) in [6, 6.07) is 15.8. The highest BCUT2D eigenvalue weighted by Gasteiger charge is 2.19. The predicted molar refractivity (Wildman–Crippen MR) is 88.8 cm³/mol. The van der Waals surface area contributed by atoms with Crippen LogP contribution in [0.15, 0.2) is 54.0 Å². The molecule has 0 spiro atoms. The van der Waals surface area contributed by atoms with E-state index in [-0.39, 0.29) is 6.04 Å². The van der Waals surface area contributed by atoms with Gasteiger partial charge in [0, 0.05) is 11.6 Å². The van der Waals surface area contributed by atoms with E-state index in [0.29, 0.717) is 0 Å². The summed E-state index contributed by atoms with van der Waals surface area (Å²) in [7, 11) is 0. The van der Waals surface area contributed by atoms with Gasteiger partial charge in [0.25, 0.3) is 0 Å². The van der Waals surface area contributed by atoms with E-state index in [9.17, 15) is 0 Å². The Labute approximate surface area is 128 Å². The number of fused-ring (bicyclic) bond motifs is 3. The van der Waals surface area contributed by atoms with Crippen LogP contribution in [-0.4, -0.2) is 4.98 Å². The molecule has 2 nitrogen and oxygen atoms in total. The lowest BCUT2D eigenvalue weighted by Gasteiger charge is -2.14.